The maximum absolute atomic E-state index is 2.74. The van der Waals surface area contributed by atoms with Crippen molar-refractivity contribution >= 4 is 8.07 Å². The lowest BCUT2D eigenvalue weighted by Gasteiger charge is -2.42. The Morgan fingerprint density at radius 2 is 1.48 bits per heavy atom. The summed E-state index contributed by atoms with van der Waals surface area (Å²) in [6, 6.07) is 18.2. The van der Waals surface area contributed by atoms with Crippen LogP contribution in [0.4, 0.5) is 0 Å². The molecule has 4 atom stereocenters. The second-order valence-electron chi connectivity index (χ2n) is 10.7. The highest BCUT2D eigenvalue weighted by molar-refractivity contribution is 6.81. The van der Waals surface area contributed by atoms with E-state index in [0.717, 1.165) is 22.9 Å². The second-order valence-corrected chi connectivity index (χ2v) is 15.6. The SMILES string of the molecule is CC1Cc2c(-c3ccccc3)cccc2[C@@H]1[Si](C)(C)C1C2=C(CCCC2)C[C@H]1C. The minimum absolute atomic E-state index is 0.775. The van der Waals surface area contributed by atoms with Crippen LogP contribution in [0, 0.1) is 11.8 Å². The van der Waals surface area contributed by atoms with Crippen LogP contribution in [0.15, 0.2) is 59.7 Å². The van der Waals surface area contributed by atoms with Gasteiger partial charge in [-0.25, -0.2) is 0 Å². The van der Waals surface area contributed by atoms with Crippen molar-refractivity contribution in [2.24, 2.45) is 11.8 Å². The fourth-order valence-corrected chi connectivity index (χ4v) is 13.6. The largest absolute Gasteiger partial charge is 0.0707 e. The Bertz CT molecular complexity index is 936. The fourth-order valence-electron chi connectivity index (χ4n) is 7.72. The van der Waals surface area contributed by atoms with Crippen molar-refractivity contribution in [1.29, 1.82) is 0 Å². The molecule has 2 aromatic carbocycles. The summed E-state index contributed by atoms with van der Waals surface area (Å²) in [6.07, 6.45) is 8.32. The molecule has 0 amide bonds. The zero-order valence-corrected chi connectivity index (χ0v) is 19.7. The smallest absolute Gasteiger partial charge is 0.0630 e. The van der Waals surface area contributed by atoms with E-state index in [0.29, 0.717) is 0 Å². The first-order valence-corrected chi connectivity index (χ1v) is 15.0. The first-order chi connectivity index (χ1) is 14.0. The molecule has 2 unspecified atom stereocenters. The number of benzene rings is 2. The molecule has 152 valence electrons. The summed E-state index contributed by atoms with van der Waals surface area (Å²) in [4.78, 5) is 0. The summed E-state index contributed by atoms with van der Waals surface area (Å²) in [5, 5.41) is 0. The van der Waals surface area contributed by atoms with Crippen LogP contribution in [0.5, 0.6) is 0 Å². The van der Waals surface area contributed by atoms with Gasteiger partial charge in [-0.15, -0.1) is 0 Å². The first-order valence-electron chi connectivity index (χ1n) is 11.9. The Balaban J connectivity index is 1.57. The predicted molar refractivity (Wildman–Crippen MR) is 128 cm³/mol. The zero-order chi connectivity index (χ0) is 20.2. The number of allylic oxidation sites excluding steroid dienone is 2. The third kappa shape index (κ3) is 3.08. The van der Waals surface area contributed by atoms with Gasteiger partial charge in [0.05, 0.1) is 8.07 Å². The first kappa shape index (κ1) is 19.4. The Morgan fingerprint density at radius 3 is 2.28 bits per heavy atom. The van der Waals surface area contributed by atoms with E-state index in [4.69, 9.17) is 0 Å². The van der Waals surface area contributed by atoms with E-state index in [-0.39, 0.29) is 0 Å². The van der Waals surface area contributed by atoms with Gasteiger partial charge in [0.25, 0.3) is 0 Å². The molecule has 0 heterocycles. The minimum atomic E-state index is -1.50. The van der Waals surface area contributed by atoms with E-state index >= 15 is 0 Å². The van der Waals surface area contributed by atoms with Gasteiger partial charge in [0.2, 0.25) is 0 Å². The second kappa shape index (κ2) is 7.27. The molecule has 0 fully saturated rings. The van der Waals surface area contributed by atoms with E-state index in [1.807, 2.05) is 11.1 Å². The fraction of sp³-hybridized carbons (Fsp3) is 0.500. The molecule has 0 saturated heterocycles. The maximum Gasteiger partial charge on any atom is 0.0630 e. The van der Waals surface area contributed by atoms with Gasteiger partial charge in [-0.05, 0) is 83.7 Å². The van der Waals surface area contributed by atoms with Crippen molar-refractivity contribution < 1.29 is 0 Å². The molecule has 5 rings (SSSR count). The monoisotopic (exact) mass is 400 g/mol. The molecule has 0 aromatic heterocycles. The van der Waals surface area contributed by atoms with Gasteiger partial charge in [0.15, 0.2) is 0 Å². The van der Waals surface area contributed by atoms with Crippen molar-refractivity contribution in [3.05, 3.63) is 70.8 Å². The van der Waals surface area contributed by atoms with Crippen LogP contribution >= 0.6 is 0 Å². The molecule has 3 aliphatic carbocycles. The number of hydrogen-bond donors (Lipinski definition) is 0. The number of rotatable bonds is 3. The Labute approximate surface area is 178 Å². The molecule has 0 aliphatic heterocycles. The van der Waals surface area contributed by atoms with E-state index < -0.39 is 8.07 Å². The molecular weight excluding hydrogens is 364 g/mol. The zero-order valence-electron chi connectivity index (χ0n) is 18.7. The average molecular weight is 401 g/mol. The van der Waals surface area contributed by atoms with E-state index in [9.17, 15) is 0 Å². The Morgan fingerprint density at radius 1 is 0.759 bits per heavy atom. The molecule has 0 nitrogen and oxygen atoms in total. The molecule has 1 heteroatoms. The Kier molecular flexibility index (Phi) is 4.85. The third-order valence-corrected chi connectivity index (χ3v) is 13.5. The molecule has 29 heavy (non-hydrogen) atoms. The normalized spacial score (nSPS) is 29.1. The van der Waals surface area contributed by atoms with Gasteiger partial charge in [-0.1, -0.05) is 86.6 Å². The van der Waals surface area contributed by atoms with E-state index in [1.165, 1.54) is 49.7 Å². The van der Waals surface area contributed by atoms with Gasteiger partial charge in [0, 0.05) is 0 Å². The van der Waals surface area contributed by atoms with Crippen LogP contribution < -0.4 is 0 Å². The molecule has 2 aromatic rings. The molecule has 0 saturated carbocycles. The van der Waals surface area contributed by atoms with Crippen molar-refractivity contribution in [3.63, 3.8) is 0 Å². The van der Waals surface area contributed by atoms with Gasteiger partial charge in [0.1, 0.15) is 0 Å². The summed E-state index contributed by atoms with van der Waals surface area (Å²) in [6.45, 7) is 10.6. The van der Waals surface area contributed by atoms with Crippen molar-refractivity contribution in [1.82, 2.24) is 0 Å². The lowest BCUT2D eigenvalue weighted by atomic mass is 9.94. The lowest BCUT2D eigenvalue weighted by molar-refractivity contribution is 0.548. The standard InChI is InChI=1S/C28H36Si/c1-19-17-22-13-8-9-14-24(22)27(19)29(3,4)28-20(2)18-26-23(15-10-16-25(26)28)21-11-6-5-7-12-21/h5-7,10-12,15-16,19-20,27-28H,8-9,13-14,17-18H2,1-4H3/t19-,20?,27?,28-/m1/s1. The summed E-state index contributed by atoms with van der Waals surface area (Å²) in [5.74, 6) is 1.64. The van der Waals surface area contributed by atoms with Crippen LogP contribution in [0.2, 0.25) is 18.6 Å². The molecule has 0 radical (unpaired) electrons. The number of fused-ring (bicyclic) bond motifs is 1. The molecular formula is C28H36Si. The molecule has 3 aliphatic rings. The van der Waals surface area contributed by atoms with Crippen LogP contribution in [0.3, 0.4) is 0 Å². The topological polar surface area (TPSA) is 0 Å². The quantitative estimate of drug-likeness (QED) is 0.360. The molecule has 0 N–H and O–H groups in total. The van der Waals surface area contributed by atoms with Crippen LogP contribution in [0.25, 0.3) is 11.1 Å². The van der Waals surface area contributed by atoms with E-state index in [1.54, 1.807) is 11.1 Å². The Hall–Kier alpha value is -1.60. The summed E-state index contributed by atoms with van der Waals surface area (Å²) in [7, 11) is -1.50. The summed E-state index contributed by atoms with van der Waals surface area (Å²) < 4.78 is 0. The van der Waals surface area contributed by atoms with Crippen LogP contribution in [-0.4, -0.2) is 8.07 Å². The van der Waals surface area contributed by atoms with Crippen molar-refractivity contribution in [3.8, 4) is 11.1 Å². The predicted octanol–water partition coefficient (Wildman–Crippen LogP) is 8.16. The molecule has 0 bridgehead atoms. The van der Waals surface area contributed by atoms with Gasteiger partial charge < -0.3 is 0 Å². The maximum atomic E-state index is 2.74. The highest BCUT2D eigenvalue weighted by atomic mass is 28.3. The highest BCUT2D eigenvalue weighted by Crippen LogP contribution is 2.58. The van der Waals surface area contributed by atoms with Crippen LogP contribution in [-0.2, 0) is 6.42 Å². The third-order valence-electron chi connectivity index (χ3n) is 8.47. The lowest BCUT2D eigenvalue weighted by Crippen LogP contribution is -2.44. The minimum Gasteiger partial charge on any atom is -0.0707 e. The average Bonchev–Trinajstić information content (AvgIpc) is 3.24. The van der Waals surface area contributed by atoms with Crippen molar-refractivity contribution in [2.75, 3.05) is 0 Å². The van der Waals surface area contributed by atoms with Crippen molar-refractivity contribution in [2.45, 2.75) is 76.5 Å². The summed E-state index contributed by atoms with van der Waals surface area (Å²) >= 11 is 0. The van der Waals surface area contributed by atoms with Gasteiger partial charge in [-0.2, -0.15) is 0 Å². The van der Waals surface area contributed by atoms with E-state index in [2.05, 4.69) is 75.5 Å². The van der Waals surface area contributed by atoms with Gasteiger partial charge in [-0.3, -0.25) is 0 Å². The number of hydrogen-bond acceptors (Lipinski definition) is 0. The van der Waals surface area contributed by atoms with Crippen LogP contribution in [0.1, 0.15) is 62.6 Å². The summed E-state index contributed by atoms with van der Waals surface area (Å²) in [5.41, 5.74) is 11.7. The highest BCUT2D eigenvalue weighted by Gasteiger charge is 2.51. The molecule has 0 spiro atoms. The van der Waals surface area contributed by atoms with Gasteiger partial charge >= 0.3 is 0 Å².